The Kier molecular flexibility index (Phi) is 6.49. The molecule has 5 heteroatoms. The lowest BCUT2D eigenvalue weighted by atomic mass is 9.85. The molecule has 0 aromatic heterocycles. The average Bonchev–Trinajstić information content (AvgIpc) is 2.36. The van der Waals surface area contributed by atoms with Gasteiger partial charge in [-0.15, -0.1) is 11.8 Å². The van der Waals surface area contributed by atoms with Crippen LogP contribution in [0.2, 0.25) is 0 Å². The third-order valence-corrected chi connectivity index (χ3v) is 4.04. The fourth-order valence-electron chi connectivity index (χ4n) is 1.79. The molecule has 0 spiro atoms. The third-order valence-electron chi connectivity index (χ3n) is 2.99. The zero-order chi connectivity index (χ0) is 15.2. The molecule has 0 radical (unpaired) electrons. The Labute approximate surface area is 124 Å². The van der Waals surface area contributed by atoms with E-state index in [1.807, 2.05) is 20.8 Å². The van der Waals surface area contributed by atoms with Crippen LogP contribution < -0.4 is 5.32 Å². The Balaban J connectivity index is 2.52. The third kappa shape index (κ3) is 5.51. The van der Waals surface area contributed by atoms with Gasteiger partial charge >= 0.3 is 0 Å². The molecular weight excluding hydrogens is 277 g/mol. The molecule has 1 aromatic rings. The van der Waals surface area contributed by atoms with Crippen LogP contribution in [0.5, 0.6) is 0 Å². The maximum atomic E-state index is 13.4. The summed E-state index contributed by atoms with van der Waals surface area (Å²) >= 11 is 1.18. The molecule has 1 amide bonds. The fourth-order valence-corrected chi connectivity index (χ4v) is 2.54. The van der Waals surface area contributed by atoms with Gasteiger partial charge in [-0.3, -0.25) is 4.79 Å². The number of hydrogen-bond acceptors (Lipinski definition) is 3. The summed E-state index contributed by atoms with van der Waals surface area (Å²) in [6.45, 7) is 6.06. The van der Waals surface area contributed by atoms with Gasteiger partial charge in [0.2, 0.25) is 5.91 Å². The van der Waals surface area contributed by atoms with Crippen molar-refractivity contribution in [3.05, 3.63) is 30.1 Å². The summed E-state index contributed by atoms with van der Waals surface area (Å²) in [4.78, 5) is 12.4. The predicted molar refractivity (Wildman–Crippen MR) is 80.2 cm³/mol. The van der Waals surface area contributed by atoms with Gasteiger partial charge in [0.1, 0.15) is 5.82 Å². The second kappa shape index (κ2) is 7.64. The average molecular weight is 299 g/mol. The summed E-state index contributed by atoms with van der Waals surface area (Å²) in [5.41, 5.74) is -0.124. The SMILES string of the molecule is CC(C)(C)C(CCO)NC(=O)CSc1ccccc1F. The smallest absolute Gasteiger partial charge is 0.230 e. The van der Waals surface area contributed by atoms with Crippen molar-refractivity contribution in [2.24, 2.45) is 5.41 Å². The van der Waals surface area contributed by atoms with E-state index in [0.717, 1.165) is 0 Å². The van der Waals surface area contributed by atoms with Gasteiger partial charge in [-0.05, 0) is 24.0 Å². The summed E-state index contributed by atoms with van der Waals surface area (Å²) in [5.74, 6) is -0.293. The molecule has 0 saturated carbocycles. The molecule has 112 valence electrons. The van der Waals surface area contributed by atoms with Gasteiger partial charge in [-0.2, -0.15) is 0 Å². The zero-order valence-electron chi connectivity index (χ0n) is 12.1. The normalized spacial score (nSPS) is 13.1. The quantitative estimate of drug-likeness (QED) is 0.794. The van der Waals surface area contributed by atoms with Crippen molar-refractivity contribution in [1.29, 1.82) is 0 Å². The van der Waals surface area contributed by atoms with Gasteiger partial charge in [0.15, 0.2) is 0 Å². The van der Waals surface area contributed by atoms with Crippen molar-refractivity contribution in [2.45, 2.75) is 38.1 Å². The first-order valence-electron chi connectivity index (χ1n) is 6.62. The van der Waals surface area contributed by atoms with E-state index in [0.29, 0.717) is 11.3 Å². The highest BCUT2D eigenvalue weighted by Crippen LogP contribution is 2.23. The molecule has 2 N–H and O–H groups in total. The number of hydrogen-bond donors (Lipinski definition) is 2. The number of carbonyl (C=O) groups is 1. The maximum Gasteiger partial charge on any atom is 0.230 e. The molecule has 0 heterocycles. The Bertz CT molecular complexity index is 446. The van der Waals surface area contributed by atoms with Gasteiger partial charge in [0.05, 0.1) is 5.75 Å². The summed E-state index contributed by atoms with van der Waals surface area (Å²) in [6, 6.07) is 6.30. The number of benzene rings is 1. The number of halogens is 1. The molecule has 0 aliphatic carbocycles. The molecule has 0 fully saturated rings. The molecule has 1 aromatic carbocycles. The van der Waals surface area contributed by atoms with Crippen LogP contribution in [-0.4, -0.2) is 29.4 Å². The van der Waals surface area contributed by atoms with E-state index in [1.165, 1.54) is 17.8 Å². The number of thioether (sulfide) groups is 1. The van der Waals surface area contributed by atoms with E-state index >= 15 is 0 Å². The van der Waals surface area contributed by atoms with Crippen LogP contribution in [-0.2, 0) is 4.79 Å². The van der Waals surface area contributed by atoms with E-state index in [9.17, 15) is 9.18 Å². The molecule has 0 aliphatic rings. The Hall–Kier alpha value is -1.07. The molecular formula is C15H22FNO2S. The fraction of sp³-hybridized carbons (Fsp3) is 0.533. The van der Waals surface area contributed by atoms with Crippen LogP contribution in [0, 0.1) is 11.2 Å². The Morgan fingerprint density at radius 2 is 2.05 bits per heavy atom. The molecule has 0 saturated heterocycles. The zero-order valence-corrected chi connectivity index (χ0v) is 13.0. The molecule has 20 heavy (non-hydrogen) atoms. The first-order valence-corrected chi connectivity index (χ1v) is 7.60. The van der Waals surface area contributed by atoms with E-state index in [2.05, 4.69) is 5.32 Å². The molecule has 1 atom stereocenters. The highest BCUT2D eigenvalue weighted by molar-refractivity contribution is 8.00. The molecule has 3 nitrogen and oxygen atoms in total. The summed E-state index contributed by atoms with van der Waals surface area (Å²) in [7, 11) is 0. The van der Waals surface area contributed by atoms with Crippen molar-refractivity contribution in [3.8, 4) is 0 Å². The number of aliphatic hydroxyl groups is 1. The highest BCUT2D eigenvalue weighted by Gasteiger charge is 2.25. The summed E-state index contributed by atoms with van der Waals surface area (Å²) in [6.07, 6.45) is 0.513. The van der Waals surface area contributed by atoms with Gasteiger partial charge in [0, 0.05) is 17.5 Å². The molecule has 0 aliphatic heterocycles. The summed E-state index contributed by atoms with van der Waals surface area (Å²) in [5, 5.41) is 12.0. The van der Waals surface area contributed by atoms with E-state index in [4.69, 9.17) is 5.11 Å². The predicted octanol–water partition coefficient (Wildman–Crippen LogP) is 2.83. The van der Waals surface area contributed by atoms with E-state index in [1.54, 1.807) is 18.2 Å². The van der Waals surface area contributed by atoms with Crippen molar-refractivity contribution >= 4 is 17.7 Å². The number of nitrogens with one attached hydrogen (secondary N) is 1. The highest BCUT2D eigenvalue weighted by atomic mass is 32.2. The van der Waals surface area contributed by atoms with Crippen molar-refractivity contribution in [1.82, 2.24) is 5.32 Å². The number of aliphatic hydroxyl groups excluding tert-OH is 1. The van der Waals surface area contributed by atoms with Gasteiger partial charge in [-0.1, -0.05) is 32.9 Å². The van der Waals surface area contributed by atoms with E-state index < -0.39 is 0 Å². The van der Waals surface area contributed by atoms with Gasteiger partial charge in [0.25, 0.3) is 0 Å². The molecule has 1 rings (SSSR count). The van der Waals surface area contributed by atoms with Crippen LogP contribution >= 0.6 is 11.8 Å². The van der Waals surface area contributed by atoms with Crippen LogP contribution in [0.15, 0.2) is 29.2 Å². The summed E-state index contributed by atoms with van der Waals surface area (Å²) < 4.78 is 13.4. The standard InChI is InChI=1S/C15H22FNO2S/c1-15(2,3)13(8-9-18)17-14(19)10-20-12-7-5-4-6-11(12)16/h4-7,13,18H,8-10H2,1-3H3,(H,17,19). The number of rotatable bonds is 6. The van der Waals surface area contributed by atoms with Crippen LogP contribution in [0.4, 0.5) is 4.39 Å². The first-order chi connectivity index (χ1) is 9.34. The lowest BCUT2D eigenvalue weighted by Gasteiger charge is -2.31. The number of amides is 1. The Morgan fingerprint density at radius 3 is 2.60 bits per heavy atom. The lowest BCUT2D eigenvalue weighted by Crippen LogP contribution is -2.45. The minimum Gasteiger partial charge on any atom is -0.396 e. The Morgan fingerprint density at radius 1 is 1.40 bits per heavy atom. The van der Waals surface area contributed by atoms with Crippen LogP contribution in [0.3, 0.4) is 0 Å². The second-order valence-electron chi connectivity index (χ2n) is 5.72. The maximum absolute atomic E-state index is 13.4. The monoisotopic (exact) mass is 299 g/mol. The van der Waals surface area contributed by atoms with Crippen molar-refractivity contribution < 1.29 is 14.3 Å². The van der Waals surface area contributed by atoms with Crippen molar-refractivity contribution in [3.63, 3.8) is 0 Å². The van der Waals surface area contributed by atoms with Gasteiger partial charge < -0.3 is 10.4 Å². The largest absolute Gasteiger partial charge is 0.396 e. The minimum absolute atomic E-state index is 0.0304. The minimum atomic E-state index is -0.312. The van der Waals surface area contributed by atoms with Crippen molar-refractivity contribution in [2.75, 3.05) is 12.4 Å². The van der Waals surface area contributed by atoms with Gasteiger partial charge in [-0.25, -0.2) is 4.39 Å². The topological polar surface area (TPSA) is 49.3 Å². The second-order valence-corrected chi connectivity index (χ2v) is 6.73. The molecule has 0 bridgehead atoms. The van der Waals surface area contributed by atoms with Crippen LogP contribution in [0.25, 0.3) is 0 Å². The van der Waals surface area contributed by atoms with E-state index in [-0.39, 0.29) is 35.5 Å². The number of carbonyl (C=O) groups excluding carboxylic acids is 1. The van der Waals surface area contributed by atoms with Crippen LogP contribution in [0.1, 0.15) is 27.2 Å². The molecule has 1 unspecified atom stereocenters. The first kappa shape index (κ1) is 17.0. The lowest BCUT2D eigenvalue weighted by molar-refractivity contribution is -0.120.